The topological polar surface area (TPSA) is 28.2 Å². The van der Waals surface area contributed by atoms with Gasteiger partial charge in [0.15, 0.2) is 0 Å². The second-order valence-corrected chi connectivity index (χ2v) is 1.71. The quantitative estimate of drug-likeness (QED) is 0.688. The Morgan fingerprint density at radius 3 is 0.833 bits per heavy atom. The van der Waals surface area contributed by atoms with Crippen molar-refractivity contribution in [2.45, 2.75) is 27.7 Å². The summed E-state index contributed by atoms with van der Waals surface area (Å²) in [5.41, 5.74) is 0. The molecule has 0 aliphatic rings. The molecule has 0 unspecified atom stereocenters. The van der Waals surface area contributed by atoms with Crippen LogP contribution in [0.2, 0.25) is 0 Å². The van der Waals surface area contributed by atoms with E-state index in [-0.39, 0.29) is 45.5 Å². The van der Waals surface area contributed by atoms with Crippen LogP contribution >= 0.6 is 0 Å². The maximum atomic E-state index is 3.97. The molecule has 4 heteroatoms. The number of nitrogens with zero attached hydrogens (tertiary/aromatic N) is 2. The van der Waals surface area contributed by atoms with E-state index in [0.29, 0.717) is 0 Å². The van der Waals surface area contributed by atoms with Crippen molar-refractivity contribution in [1.82, 2.24) is 0 Å². The molecule has 0 bridgehead atoms. The first kappa shape index (κ1) is 23.2. The van der Waals surface area contributed by atoms with E-state index >= 15 is 0 Å². The average Bonchev–Trinajstić information content (AvgIpc) is 1.93. The van der Waals surface area contributed by atoms with Crippen molar-refractivity contribution in [2.75, 3.05) is 26.2 Å². The molecule has 0 aromatic rings. The molecule has 0 saturated carbocycles. The predicted octanol–water partition coefficient (Wildman–Crippen LogP) is -0.196. The Morgan fingerprint density at radius 2 is 0.833 bits per heavy atom. The van der Waals surface area contributed by atoms with Gasteiger partial charge in [-0.1, -0.05) is 27.7 Å². The molecule has 12 heavy (non-hydrogen) atoms. The van der Waals surface area contributed by atoms with Crippen molar-refractivity contribution in [3.05, 3.63) is 10.6 Å². The van der Waals surface area contributed by atoms with Crippen LogP contribution in [0, 0.1) is 40.8 Å². The van der Waals surface area contributed by atoms with Crippen molar-refractivity contribution < 1.29 is 45.5 Å². The summed E-state index contributed by atoms with van der Waals surface area (Å²) in [6, 6.07) is 0. The Kier molecular flexibility index (Phi) is 57.1. The van der Waals surface area contributed by atoms with Gasteiger partial charge in [0.05, 0.1) is 0 Å². The Morgan fingerprint density at radius 1 is 0.667 bits per heavy atom. The summed E-state index contributed by atoms with van der Waals surface area (Å²) in [6.07, 6.45) is 0. The maximum absolute atomic E-state index is 3.97. The van der Waals surface area contributed by atoms with Gasteiger partial charge < -0.3 is 15.3 Å². The molecule has 0 spiro atoms. The van der Waals surface area contributed by atoms with Crippen LogP contribution in [0.4, 0.5) is 0 Å². The van der Waals surface area contributed by atoms with Crippen molar-refractivity contribution in [1.29, 1.82) is 0 Å². The average molecular weight is 308 g/mol. The van der Waals surface area contributed by atoms with Crippen molar-refractivity contribution in [2.24, 2.45) is 0 Å². The first-order chi connectivity index (χ1) is 4.83. The standard InChI is InChI=1S/2C4H10N.FH.Nd/c2*1-3-5-4-2;;/h2*3-4H2,1-2H3;1H;/q2*-1;;+3/p-1. The van der Waals surface area contributed by atoms with Crippen LogP contribution in [0.3, 0.4) is 0 Å². The molecule has 0 N–H and O–H groups in total. The summed E-state index contributed by atoms with van der Waals surface area (Å²) in [7, 11) is 0. The van der Waals surface area contributed by atoms with Crippen molar-refractivity contribution >= 4 is 0 Å². The van der Waals surface area contributed by atoms with E-state index in [9.17, 15) is 0 Å². The van der Waals surface area contributed by atoms with Gasteiger partial charge in [-0.05, 0) is 0 Å². The van der Waals surface area contributed by atoms with Crippen LogP contribution in [0.25, 0.3) is 10.6 Å². The zero-order valence-corrected chi connectivity index (χ0v) is 11.8. The van der Waals surface area contributed by atoms with Crippen LogP contribution < -0.4 is 4.70 Å². The molecule has 0 aromatic heterocycles. The molecule has 0 aromatic carbocycles. The SMILES string of the molecule is CC[N-]CC.CC[N-]CC.[F-].[Nd+3]. The molecule has 0 fully saturated rings. The van der Waals surface area contributed by atoms with Gasteiger partial charge in [-0.25, -0.2) is 0 Å². The molecule has 73 valence electrons. The minimum absolute atomic E-state index is 0. The summed E-state index contributed by atoms with van der Waals surface area (Å²) in [5, 5.41) is 7.94. The summed E-state index contributed by atoms with van der Waals surface area (Å²) >= 11 is 0. The van der Waals surface area contributed by atoms with Crippen LogP contribution in [-0.4, -0.2) is 26.2 Å². The maximum Gasteiger partial charge on any atom is 3.00 e. The third-order valence-corrected chi connectivity index (χ3v) is 0.894. The molecule has 0 aliphatic heterocycles. The number of rotatable bonds is 4. The van der Waals surface area contributed by atoms with Crippen LogP contribution in [-0.2, 0) is 0 Å². The monoisotopic (exact) mass is 305 g/mol. The molecule has 2 nitrogen and oxygen atoms in total. The Labute approximate surface area is 109 Å². The predicted molar refractivity (Wildman–Crippen MR) is 48.9 cm³/mol. The van der Waals surface area contributed by atoms with Crippen LogP contribution in [0.15, 0.2) is 0 Å². The molecule has 0 atom stereocenters. The zero-order chi connectivity index (χ0) is 8.24. The number of hydrogen-bond acceptors (Lipinski definition) is 0. The van der Waals surface area contributed by atoms with E-state index in [1.165, 1.54) is 0 Å². The molecule has 0 saturated heterocycles. The second kappa shape index (κ2) is 29.5. The first-order valence-electron chi connectivity index (χ1n) is 4.09. The molecule has 1 radical (unpaired) electrons. The van der Waals surface area contributed by atoms with Gasteiger partial charge in [0.25, 0.3) is 0 Å². The van der Waals surface area contributed by atoms with Gasteiger partial charge in [0, 0.05) is 0 Å². The normalized spacial score (nSPS) is 7.00. The van der Waals surface area contributed by atoms with E-state index in [1.807, 2.05) is 27.7 Å². The summed E-state index contributed by atoms with van der Waals surface area (Å²) in [6.45, 7) is 12.1. The second-order valence-electron chi connectivity index (χ2n) is 1.71. The minimum atomic E-state index is 0. The Balaban J connectivity index is -0.0000000457. The van der Waals surface area contributed by atoms with Crippen LogP contribution in [0.5, 0.6) is 0 Å². The first-order valence-corrected chi connectivity index (χ1v) is 4.09. The fraction of sp³-hybridized carbons (Fsp3) is 1.00. The van der Waals surface area contributed by atoms with Gasteiger partial charge >= 0.3 is 40.8 Å². The third kappa shape index (κ3) is 43.1. The molecule has 0 amide bonds. The molecular formula is C8H20FN2Nd. The van der Waals surface area contributed by atoms with E-state index < -0.39 is 0 Å². The molecule has 0 heterocycles. The fourth-order valence-electron chi connectivity index (χ4n) is 0.447. The van der Waals surface area contributed by atoms with E-state index in [4.69, 9.17) is 0 Å². The van der Waals surface area contributed by atoms with E-state index in [0.717, 1.165) is 26.2 Å². The van der Waals surface area contributed by atoms with Gasteiger partial charge in [0.2, 0.25) is 0 Å². The zero-order valence-electron chi connectivity index (χ0n) is 8.60. The van der Waals surface area contributed by atoms with E-state index in [2.05, 4.69) is 10.6 Å². The third-order valence-electron chi connectivity index (χ3n) is 0.894. The van der Waals surface area contributed by atoms with Gasteiger partial charge in [-0.2, -0.15) is 26.2 Å². The minimum Gasteiger partial charge on any atom is -1.00 e. The summed E-state index contributed by atoms with van der Waals surface area (Å²) in [5.74, 6) is 0. The summed E-state index contributed by atoms with van der Waals surface area (Å²) < 4.78 is 0. The van der Waals surface area contributed by atoms with Crippen molar-refractivity contribution in [3.8, 4) is 0 Å². The Hall–Kier alpha value is 1.20. The molecule has 0 aliphatic carbocycles. The largest absolute Gasteiger partial charge is 3.00 e. The molecule has 0 rings (SSSR count). The van der Waals surface area contributed by atoms with Gasteiger partial charge in [-0.3, -0.25) is 0 Å². The summed E-state index contributed by atoms with van der Waals surface area (Å²) in [4.78, 5) is 0. The van der Waals surface area contributed by atoms with Crippen molar-refractivity contribution in [3.63, 3.8) is 0 Å². The van der Waals surface area contributed by atoms with E-state index in [1.54, 1.807) is 0 Å². The smallest absolute Gasteiger partial charge is 1.00 e. The molecular weight excluding hydrogens is 287 g/mol. The van der Waals surface area contributed by atoms with Crippen LogP contribution in [0.1, 0.15) is 27.7 Å². The Bertz CT molecular complexity index is 38.0. The number of hydrogen-bond donors (Lipinski definition) is 0. The van der Waals surface area contributed by atoms with Gasteiger partial charge in [-0.15, -0.1) is 0 Å². The van der Waals surface area contributed by atoms with Gasteiger partial charge in [0.1, 0.15) is 0 Å². The fourth-order valence-corrected chi connectivity index (χ4v) is 0.447. The number of halogens is 1.